The van der Waals surface area contributed by atoms with E-state index in [1.807, 2.05) is 0 Å². The second kappa shape index (κ2) is 5.50. The van der Waals surface area contributed by atoms with Crippen molar-refractivity contribution in [2.75, 3.05) is 13.7 Å². The van der Waals surface area contributed by atoms with Gasteiger partial charge in [0.2, 0.25) is 0 Å². The third-order valence-electron chi connectivity index (χ3n) is 3.40. The molecule has 6 nitrogen and oxygen atoms in total. The number of likely N-dealkylation sites (tertiary alicyclic amines) is 1. The predicted octanol–water partition coefficient (Wildman–Crippen LogP) is 0.449. The Morgan fingerprint density at radius 1 is 1.40 bits per heavy atom. The van der Waals surface area contributed by atoms with Gasteiger partial charge in [-0.3, -0.25) is 4.79 Å². The number of ether oxygens (including phenoxy) is 1. The van der Waals surface area contributed by atoms with Gasteiger partial charge in [-0.15, -0.1) is 0 Å². The molecule has 0 saturated carbocycles. The summed E-state index contributed by atoms with van der Waals surface area (Å²) >= 11 is 0. The van der Waals surface area contributed by atoms with Gasteiger partial charge >= 0.3 is 5.97 Å². The van der Waals surface area contributed by atoms with Gasteiger partial charge in [-0.2, -0.15) is 0 Å². The summed E-state index contributed by atoms with van der Waals surface area (Å²) in [5, 5.41) is 19.5. The van der Waals surface area contributed by atoms with Gasteiger partial charge in [0.25, 0.3) is 5.91 Å². The van der Waals surface area contributed by atoms with Crippen LogP contribution in [0.4, 0.5) is 0 Å². The van der Waals surface area contributed by atoms with Crippen LogP contribution in [0.15, 0.2) is 18.2 Å². The molecule has 1 heterocycles. The molecular weight excluding hydrogens is 262 g/mol. The maximum atomic E-state index is 12.4. The molecule has 2 unspecified atom stereocenters. The number of aromatic hydroxyl groups is 1. The highest BCUT2D eigenvalue weighted by atomic mass is 16.5. The number of phenolic OH excluding ortho intramolecular Hbond substituents is 1. The minimum Gasteiger partial charge on any atom is -0.507 e. The largest absolute Gasteiger partial charge is 0.507 e. The van der Waals surface area contributed by atoms with Crippen LogP contribution in [0, 0.1) is 6.92 Å². The standard InChI is InChI=1S/C14H17NO5/c1-8-3-4-10(12(17)5-8)13(18)15-7-9(16)6-11(15)14(19)20-2/h3-5,9,11,16-17H,6-7H2,1-2H3. The molecule has 0 aromatic heterocycles. The van der Waals surface area contributed by atoms with Gasteiger partial charge in [0.1, 0.15) is 11.8 Å². The van der Waals surface area contributed by atoms with Crippen molar-refractivity contribution in [2.24, 2.45) is 0 Å². The molecule has 1 fully saturated rings. The lowest BCUT2D eigenvalue weighted by Gasteiger charge is -2.22. The number of carbonyl (C=O) groups excluding carboxylic acids is 2. The number of hydrogen-bond donors (Lipinski definition) is 2. The summed E-state index contributed by atoms with van der Waals surface area (Å²) in [5.74, 6) is -1.20. The fourth-order valence-electron chi connectivity index (χ4n) is 2.37. The summed E-state index contributed by atoms with van der Waals surface area (Å²) in [6.07, 6.45) is -0.624. The second-order valence-electron chi connectivity index (χ2n) is 4.91. The molecule has 1 amide bonds. The molecule has 2 N–H and O–H groups in total. The smallest absolute Gasteiger partial charge is 0.328 e. The fraction of sp³-hybridized carbons (Fsp3) is 0.429. The van der Waals surface area contributed by atoms with Crippen LogP contribution in [0.1, 0.15) is 22.3 Å². The van der Waals surface area contributed by atoms with Crippen LogP contribution < -0.4 is 0 Å². The van der Waals surface area contributed by atoms with Gasteiger partial charge in [0.15, 0.2) is 0 Å². The third kappa shape index (κ3) is 2.60. The Morgan fingerprint density at radius 3 is 2.70 bits per heavy atom. The third-order valence-corrected chi connectivity index (χ3v) is 3.40. The molecule has 2 atom stereocenters. The number of rotatable bonds is 2. The van der Waals surface area contributed by atoms with Crippen molar-refractivity contribution in [3.05, 3.63) is 29.3 Å². The van der Waals surface area contributed by atoms with Crippen LogP contribution in [-0.4, -0.2) is 52.8 Å². The topological polar surface area (TPSA) is 87.1 Å². The van der Waals surface area contributed by atoms with Crippen molar-refractivity contribution in [3.8, 4) is 5.75 Å². The first-order chi connectivity index (χ1) is 9.43. The average molecular weight is 279 g/mol. The predicted molar refractivity (Wildman–Crippen MR) is 70.3 cm³/mol. The summed E-state index contributed by atoms with van der Waals surface area (Å²) in [6, 6.07) is 3.87. The normalized spacial score (nSPS) is 21.9. The summed E-state index contributed by atoms with van der Waals surface area (Å²) in [4.78, 5) is 25.3. The Kier molecular flexibility index (Phi) is 3.94. The number of benzene rings is 1. The molecule has 6 heteroatoms. The molecule has 0 aliphatic carbocycles. The van der Waals surface area contributed by atoms with E-state index in [9.17, 15) is 19.8 Å². The van der Waals surface area contributed by atoms with Crippen LogP contribution in [0.25, 0.3) is 0 Å². The molecule has 1 aliphatic rings. The Balaban J connectivity index is 2.29. The number of methoxy groups -OCH3 is 1. The zero-order chi connectivity index (χ0) is 14.9. The fourth-order valence-corrected chi connectivity index (χ4v) is 2.37. The van der Waals surface area contributed by atoms with Crippen molar-refractivity contribution < 1.29 is 24.5 Å². The van der Waals surface area contributed by atoms with E-state index in [0.717, 1.165) is 5.56 Å². The van der Waals surface area contributed by atoms with Crippen LogP contribution in [0.5, 0.6) is 5.75 Å². The van der Waals surface area contributed by atoms with Crippen molar-refractivity contribution in [3.63, 3.8) is 0 Å². The van der Waals surface area contributed by atoms with E-state index < -0.39 is 24.0 Å². The monoisotopic (exact) mass is 279 g/mol. The number of β-amino-alcohol motifs (C(OH)–C–C–N with tert-alkyl or cyclic N) is 1. The number of esters is 1. The lowest BCUT2D eigenvalue weighted by Crippen LogP contribution is -2.41. The van der Waals surface area contributed by atoms with Crippen LogP contribution in [0.2, 0.25) is 0 Å². The summed E-state index contributed by atoms with van der Waals surface area (Å²) in [7, 11) is 1.24. The molecule has 0 radical (unpaired) electrons. The van der Waals surface area contributed by atoms with E-state index in [-0.39, 0.29) is 24.3 Å². The van der Waals surface area contributed by atoms with Gasteiger partial charge < -0.3 is 19.8 Å². The quantitative estimate of drug-likeness (QED) is 0.767. The number of amides is 1. The molecule has 1 aromatic carbocycles. The Hall–Kier alpha value is -2.08. The number of carbonyl (C=O) groups is 2. The van der Waals surface area contributed by atoms with Crippen molar-refractivity contribution in [2.45, 2.75) is 25.5 Å². The highest BCUT2D eigenvalue weighted by molar-refractivity contribution is 5.99. The zero-order valence-electron chi connectivity index (χ0n) is 11.4. The Morgan fingerprint density at radius 2 is 2.10 bits per heavy atom. The van der Waals surface area contributed by atoms with Crippen LogP contribution in [-0.2, 0) is 9.53 Å². The van der Waals surface area contributed by atoms with Gasteiger partial charge in [0.05, 0.1) is 18.8 Å². The van der Waals surface area contributed by atoms with Crippen molar-refractivity contribution >= 4 is 11.9 Å². The number of aliphatic hydroxyl groups excluding tert-OH is 1. The van der Waals surface area contributed by atoms with E-state index in [1.54, 1.807) is 13.0 Å². The molecule has 0 bridgehead atoms. The first-order valence-electron chi connectivity index (χ1n) is 6.30. The first-order valence-corrected chi connectivity index (χ1v) is 6.30. The number of hydrogen-bond acceptors (Lipinski definition) is 5. The lowest BCUT2D eigenvalue weighted by molar-refractivity contribution is -0.145. The molecule has 1 saturated heterocycles. The molecular formula is C14H17NO5. The molecule has 1 aliphatic heterocycles. The molecule has 2 rings (SSSR count). The number of aryl methyl sites for hydroxylation is 1. The minimum atomic E-state index is -0.816. The maximum absolute atomic E-state index is 12.4. The molecule has 20 heavy (non-hydrogen) atoms. The highest BCUT2D eigenvalue weighted by Gasteiger charge is 2.40. The zero-order valence-corrected chi connectivity index (χ0v) is 11.4. The van der Waals surface area contributed by atoms with E-state index in [2.05, 4.69) is 4.74 Å². The van der Waals surface area contributed by atoms with Gasteiger partial charge in [-0.1, -0.05) is 6.07 Å². The van der Waals surface area contributed by atoms with E-state index >= 15 is 0 Å². The summed E-state index contributed by atoms with van der Waals surface area (Å²) in [5.41, 5.74) is 0.934. The van der Waals surface area contributed by atoms with Gasteiger partial charge in [-0.05, 0) is 24.6 Å². The number of aliphatic hydroxyl groups is 1. The van der Waals surface area contributed by atoms with Gasteiger partial charge in [-0.25, -0.2) is 4.79 Å². The second-order valence-corrected chi connectivity index (χ2v) is 4.91. The highest BCUT2D eigenvalue weighted by Crippen LogP contribution is 2.26. The molecule has 0 spiro atoms. The Bertz CT molecular complexity index is 542. The summed E-state index contributed by atoms with van der Waals surface area (Å²) in [6.45, 7) is 1.84. The van der Waals surface area contributed by atoms with Crippen molar-refractivity contribution in [1.82, 2.24) is 4.90 Å². The average Bonchev–Trinajstić information content (AvgIpc) is 2.79. The van der Waals surface area contributed by atoms with E-state index in [0.29, 0.717) is 0 Å². The molecule has 1 aromatic rings. The Labute approximate surface area is 116 Å². The maximum Gasteiger partial charge on any atom is 0.328 e. The molecule has 108 valence electrons. The minimum absolute atomic E-state index is 0.0475. The number of phenols is 1. The summed E-state index contributed by atoms with van der Waals surface area (Å²) < 4.78 is 4.64. The van der Waals surface area contributed by atoms with Crippen LogP contribution in [0.3, 0.4) is 0 Å². The first kappa shape index (κ1) is 14.3. The SMILES string of the molecule is COC(=O)C1CC(O)CN1C(=O)c1ccc(C)cc1O. The lowest BCUT2D eigenvalue weighted by atomic mass is 10.1. The van der Waals surface area contributed by atoms with E-state index in [1.165, 1.54) is 24.1 Å². The van der Waals surface area contributed by atoms with Crippen molar-refractivity contribution in [1.29, 1.82) is 0 Å². The van der Waals surface area contributed by atoms with Crippen LogP contribution >= 0.6 is 0 Å². The number of nitrogens with zero attached hydrogens (tertiary/aromatic N) is 1. The van der Waals surface area contributed by atoms with E-state index in [4.69, 9.17) is 0 Å². The van der Waals surface area contributed by atoms with Gasteiger partial charge in [0, 0.05) is 13.0 Å².